The maximum absolute atomic E-state index is 12.5. The molecule has 6 rings (SSSR count). The second-order valence-electron chi connectivity index (χ2n) is 12.6. The lowest BCUT2D eigenvalue weighted by atomic mass is 9.89. The van der Waals surface area contributed by atoms with Gasteiger partial charge in [0.15, 0.2) is 6.29 Å². The van der Waals surface area contributed by atoms with E-state index in [2.05, 4.69) is 109 Å². The first-order chi connectivity index (χ1) is 23.4. The molecule has 5 atom stereocenters. The number of nitrogens with zero attached hydrogens (tertiary/aromatic N) is 2. The number of aliphatic hydroxyl groups is 1. The van der Waals surface area contributed by atoms with E-state index in [1.807, 2.05) is 30.3 Å². The van der Waals surface area contributed by atoms with Gasteiger partial charge in [0.2, 0.25) is 0 Å². The number of hydrogen-bond acceptors (Lipinski definition) is 6. The van der Waals surface area contributed by atoms with E-state index in [4.69, 9.17) is 9.47 Å². The van der Waals surface area contributed by atoms with Gasteiger partial charge in [0.1, 0.15) is 0 Å². The van der Waals surface area contributed by atoms with Gasteiger partial charge in [-0.15, -0.1) is 0 Å². The molecule has 1 amide bonds. The fourth-order valence-electron chi connectivity index (χ4n) is 6.23. The molecule has 48 heavy (non-hydrogen) atoms. The molecule has 1 fully saturated rings. The zero-order chi connectivity index (χ0) is 33.5. The molecule has 2 heterocycles. The van der Waals surface area contributed by atoms with Crippen molar-refractivity contribution in [2.45, 2.75) is 51.5 Å². The summed E-state index contributed by atoms with van der Waals surface area (Å²) in [5, 5.41) is 12.6. The number of hydrogen-bond donors (Lipinski definition) is 2. The molecule has 0 radical (unpaired) electrons. The Morgan fingerprint density at radius 3 is 2.31 bits per heavy atom. The highest BCUT2D eigenvalue weighted by Crippen LogP contribution is 2.42. The summed E-state index contributed by atoms with van der Waals surface area (Å²) in [6.07, 6.45) is 2.41. The van der Waals surface area contributed by atoms with Gasteiger partial charge in [-0.3, -0.25) is 14.7 Å². The van der Waals surface area contributed by atoms with Crippen molar-refractivity contribution in [2.75, 3.05) is 13.6 Å². The predicted octanol–water partition coefficient (Wildman–Crippen LogP) is 7.66. The summed E-state index contributed by atoms with van der Waals surface area (Å²) in [6.45, 7) is 5.59. The van der Waals surface area contributed by atoms with Gasteiger partial charge in [-0.05, 0) is 65.6 Å². The summed E-state index contributed by atoms with van der Waals surface area (Å²) in [6, 6.07) is 38.8. The lowest BCUT2D eigenvalue weighted by Gasteiger charge is -2.43. The van der Waals surface area contributed by atoms with Gasteiger partial charge < -0.3 is 19.9 Å². The van der Waals surface area contributed by atoms with Crippen molar-refractivity contribution in [3.8, 4) is 11.1 Å². The average Bonchev–Trinajstić information content (AvgIpc) is 3.15. The summed E-state index contributed by atoms with van der Waals surface area (Å²) < 4.78 is 13.5. The highest BCUT2D eigenvalue weighted by molar-refractivity contribution is 5.93. The molecule has 4 aromatic carbocycles. The molecule has 246 valence electrons. The standard InChI is InChI=1S/C41H43N3O4/c1-28-38(26-44(3)29(2)32-10-5-4-6-11-32)47-41(48-39(28)34-16-14-30(27-45)15-17-34)35-20-18-33(19-21-35)36-12-7-9-31(23-36)24-43-40(46)37-13-8-22-42-25-37/h4-23,25,28-29,38-39,41,45H,24,26-27H2,1-3H3,(H,43,46)/t28-,29-,38+,39+,41+/m0/s1. The third-order valence-electron chi connectivity index (χ3n) is 9.35. The normalized spacial score (nSPS) is 19.9. The van der Waals surface area contributed by atoms with Crippen LogP contribution in [0.15, 0.2) is 128 Å². The molecular formula is C41H43N3O4. The third kappa shape index (κ3) is 7.89. The number of nitrogens with one attached hydrogen (secondary N) is 1. The molecule has 0 spiro atoms. The number of carbonyl (C=O) groups excluding carboxylic acids is 1. The monoisotopic (exact) mass is 641 g/mol. The number of likely N-dealkylation sites (N-methyl/N-ethyl adjacent to an activating group) is 1. The SMILES string of the molecule is C[C@H]1[C@@H](CN(C)[C@@H](C)c2ccccc2)O[C@@H](c2ccc(-c3cccc(CNC(=O)c4cccnc4)c3)cc2)O[C@H]1c1ccc(CO)cc1. The zero-order valence-corrected chi connectivity index (χ0v) is 27.7. The van der Waals surface area contributed by atoms with E-state index in [9.17, 15) is 9.90 Å². The Morgan fingerprint density at radius 1 is 0.854 bits per heavy atom. The molecule has 1 aliphatic heterocycles. The molecule has 7 heteroatoms. The number of benzene rings is 4. The van der Waals surface area contributed by atoms with Crippen LogP contribution in [0, 0.1) is 5.92 Å². The second-order valence-corrected chi connectivity index (χ2v) is 12.6. The van der Waals surface area contributed by atoms with Crippen LogP contribution >= 0.6 is 0 Å². The Balaban J connectivity index is 1.19. The van der Waals surface area contributed by atoms with E-state index in [-0.39, 0.29) is 36.7 Å². The Morgan fingerprint density at radius 2 is 1.60 bits per heavy atom. The van der Waals surface area contributed by atoms with Gasteiger partial charge in [-0.25, -0.2) is 0 Å². The van der Waals surface area contributed by atoms with Gasteiger partial charge in [0.25, 0.3) is 5.91 Å². The zero-order valence-electron chi connectivity index (χ0n) is 27.7. The van der Waals surface area contributed by atoms with Crippen LogP contribution in [-0.2, 0) is 22.6 Å². The van der Waals surface area contributed by atoms with E-state index in [1.165, 1.54) is 5.56 Å². The summed E-state index contributed by atoms with van der Waals surface area (Å²) in [5.74, 6) is -0.0615. The fraction of sp³-hybridized carbons (Fsp3) is 0.268. The number of ether oxygens (including phenoxy) is 2. The summed E-state index contributed by atoms with van der Waals surface area (Å²) in [7, 11) is 2.15. The van der Waals surface area contributed by atoms with Gasteiger partial charge in [-0.2, -0.15) is 0 Å². The Kier molecular flexibility index (Phi) is 10.7. The average molecular weight is 642 g/mol. The van der Waals surface area contributed by atoms with E-state index in [0.717, 1.165) is 39.9 Å². The Labute approximate surface area is 283 Å². The van der Waals surface area contributed by atoms with Crippen LogP contribution < -0.4 is 5.32 Å². The van der Waals surface area contributed by atoms with Crippen molar-refractivity contribution in [3.63, 3.8) is 0 Å². The van der Waals surface area contributed by atoms with Crippen molar-refractivity contribution < 1.29 is 19.4 Å². The minimum Gasteiger partial charge on any atom is -0.392 e. The number of aliphatic hydroxyl groups excluding tert-OH is 1. The van der Waals surface area contributed by atoms with Gasteiger partial charge in [0, 0.05) is 43.0 Å². The van der Waals surface area contributed by atoms with Crippen LogP contribution in [0.4, 0.5) is 0 Å². The first-order valence-electron chi connectivity index (χ1n) is 16.5. The first-order valence-corrected chi connectivity index (χ1v) is 16.5. The smallest absolute Gasteiger partial charge is 0.253 e. The number of amides is 1. The van der Waals surface area contributed by atoms with E-state index in [0.29, 0.717) is 12.1 Å². The number of aromatic nitrogens is 1. The van der Waals surface area contributed by atoms with Crippen LogP contribution in [0.5, 0.6) is 0 Å². The number of carbonyl (C=O) groups is 1. The van der Waals surface area contributed by atoms with Crippen LogP contribution in [0.2, 0.25) is 0 Å². The van der Waals surface area contributed by atoms with Gasteiger partial charge in [0.05, 0.1) is 24.4 Å². The molecular weight excluding hydrogens is 598 g/mol. The molecule has 0 saturated carbocycles. The van der Waals surface area contributed by atoms with Crippen molar-refractivity contribution in [1.82, 2.24) is 15.2 Å². The fourth-order valence-corrected chi connectivity index (χ4v) is 6.23. The highest BCUT2D eigenvalue weighted by atomic mass is 16.7. The van der Waals surface area contributed by atoms with Crippen LogP contribution in [-0.4, -0.2) is 40.6 Å². The molecule has 0 bridgehead atoms. The molecule has 0 aliphatic carbocycles. The largest absolute Gasteiger partial charge is 0.392 e. The van der Waals surface area contributed by atoms with Crippen LogP contribution in [0.3, 0.4) is 0 Å². The molecule has 1 saturated heterocycles. The predicted molar refractivity (Wildman–Crippen MR) is 188 cm³/mol. The van der Waals surface area contributed by atoms with Crippen LogP contribution in [0.25, 0.3) is 11.1 Å². The molecule has 0 unspecified atom stereocenters. The molecule has 5 aromatic rings. The van der Waals surface area contributed by atoms with Crippen molar-refractivity contribution >= 4 is 5.91 Å². The topological polar surface area (TPSA) is 83.9 Å². The lowest BCUT2D eigenvalue weighted by Crippen LogP contribution is -2.44. The molecule has 7 nitrogen and oxygen atoms in total. The number of pyridine rings is 1. The van der Waals surface area contributed by atoms with E-state index in [1.54, 1.807) is 24.5 Å². The molecule has 1 aliphatic rings. The Hall–Kier alpha value is -4.66. The van der Waals surface area contributed by atoms with Gasteiger partial charge >= 0.3 is 0 Å². The molecule has 1 aromatic heterocycles. The van der Waals surface area contributed by atoms with Gasteiger partial charge in [-0.1, -0.05) is 104 Å². The maximum atomic E-state index is 12.5. The second kappa shape index (κ2) is 15.5. The summed E-state index contributed by atoms with van der Waals surface area (Å²) >= 11 is 0. The summed E-state index contributed by atoms with van der Waals surface area (Å²) in [5.41, 5.74) is 7.83. The Bertz CT molecular complexity index is 1760. The lowest BCUT2D eigenvalue weighted by molar-refractivity contribution is -0.276. The van der Waals surface area contributed by atoms with Crippen molar-refractivity contribution in [3.05, 3.63) is 161 Å². The highest BCUT2D eigenvalue weighted by Gasteiger charge is 2.39. The van der Waals surface area contributed by atoms with Crippen LogP contribution in [0.1, 0.15) is 70.5 Å². The quantitative estimate of drug-likeness (QED) is 0.154. The third-order valence-corrected chi connectivity index (χ3v) is 9.35. The summed E-state index contributed by atoms with van der Waals surface area (Å²) in [4.78, 5) is 18.9. The van der Waals surface area contributed by atoms with E-state index < -0.39 is 6.29 Å². The first kappa shape index (κ1) is 33.2. The molecule has 2 N–H and O–H groups in total. The minimum absolute atomic E-state index is 0.00713. The number of rotatable bonds is 11. The van der Waals surface area contributed by atoms with E-state index >= 15 is 0 Å². The minimum atomic E-state index is -0.544. The van der Waals surface area contributed by atoms with Crippen molar-refractivity contribution in [2.24, 2.45) is 5.92 Å². The van der Waals surface area contributed by atoms with Crippen molar-refractivity contribution in [1.29, 1.82) is 0 Å². The maximum Gasteiger partial charge on any atom is 0.253 e.